The van der Waals surface area contributed by atoms with Gasteiger partial charge in [0.05, 0.1) is 13.2 Å². The van der Waals surface area contributed by atoms with Crippen molar-refractivity contribution in [2.45, 2.75) is 39.5 Å². The number of aryl methyl sites for hydroxylation is 3. The van der Waals surface area contributed by atoms with Crippen LogP contribution in [-0.4, -0.2) is 24.8 Å². The summed E-state index contributed by atoms with van der Waals surface area (Å²) in [4.78, 5) is 29.0. The van der Waals surface area contributed by atoms with Gasteiger partial charge in [0, 0.05) is 16.9 Å². The molecule has 0 aliphatic carbocycles. The van der Waals surface area contributed by atoms with E-state index in [1.807, 2.05) is 81.4 Å². The largest absolute Gasteiger partial charge is 0.493 e. The van der Waals surface area contributed by atoms with Crippen molar-refractivity contribution in [2.24, 2.45) is 5.92 Å². The Labute approximate surface area is 205 Å². The average molecular weight is 472 g/mol. The smallest absolute Gasteiger partial charge is 0.325 e. The molecule has 3 aromatic rings. The molecule has 3 atom stereocenters. The summed E-state index contributed by atoms with van der Waals surface area (Å²) in [5, 5.41) is 6.17. The first-order valence-corrected chi connectivity index (χ1v) is 11.6. The van der Waals surface area contributed by atoms with Crippen LogP contribution in [0.25, 0.3) is 0 Å². The molecule has 2 N–H and O–H groups in total. The fourth-order valence-electron chi connectivity index (χ4n) is 5.25. The lowest BCUT2D eigenvalue weighted by Gasteiger charge is -2.54. The van der Waals surface area contributed by atoms with Crippen LogP contribution in [0.2, 0.25) is 0 Å². The monoisotopic (exact) mass is 471 g/mol. The van der Waals surface area contributed by atoms with Crippen molar-refractivity contribution >= 4 is 23.3 Å². The number of nitrogens with one attached hydrogen (secondary N) is 2. The maximum Gasteiger partial charge on any atom is 0.325 e. The molecule has 2 heterocycles. The van der Waals surface area contributed by atoms with Gasteiger partial charge in [0.15, 0.2) is 11.5 Å². The fourth-order valence-corrected chi connectivity index (χ4v) is 5.25. The normalized spacial score (nSPS) is 22.5. The van der Waals surface area contributed by atoms with E-state index in [1.54, 1.807) is 14.0 Å². The molecule has 0 unspecified atom stereocenters. The highest BCUT2D eigenvalue weighted by Gasteiger charge is 2.60. The molecule has 2 aliphatic heterocycles. The molecular formula is C28H29N3O4. The summed E-state index contributed by atoms with van der Waals surface area (Å²) >= 11 is 0. The van der Waals surface area contributed by atoms with Gasteiger partial charge in [-0.05, 0) is 63.1 Å². The van der Waals surface area contributed by atoms with Crippen LogP contribution in [0, 0.1) is 26.7 Å². The standard InChI is InChI=1S/C28H29N3O4/c1-16-8-6-9-19(15-16)31-27(33)30-24-20-10-7-11-22(34-5)25(20)35-28(31,4)23(24)26(32)29-21-13-12-17(2)14-18(21)3/h6-15,23-24H,1-5H3,(H,29,32)(H,30,33)/t23-,24-,28-/m1/s1. The molecule has 3 amide bonds. The number of benzene rings is 3. The van der Waals surface area contributed by atoms with Crippen LogP contribution in [0.4, 0.5) is 16.2 Å². The second kappa shape index (κ2) is 8.34. The molecule has 3 aromatic carbocycles. The quantitative estimate of drug-likeness (QED) is 0.544. The van der Waals surface area contributed by atoms with Crippen molar-refractivity contribution in [2.75, 3.05) is 17.3 Å². The summed E-state index contributed by atoms with van der Waals surface area (Å²) in [5.74, 6) is 0.0830. The number of carbonyl (C=O) groups excluding carboxylic acids is 2. The van der Waals surface area contributed by atoms with E-state index in [-0.39, 0.29) is 11.9 Å². The Balaban J connectivity index is 1.65. The zero-order chi connectivity index (χ0) is 24.9. The Morgan fingerprint density at radius 3 is 2.51 bits per heavy atom. The van der Waals surface area contributed by atoms with Crippen LogP contribution in [0.15, 0.2) is 60.7 Å². The minimum absolute atomic E-state index is 0.240. The second-order valence-electron chi connectivity index (χ2n) is 9.42. The molecule has 2 bridgehead atoms. The molecule has 0 saturated carbocycles. The van der Waals surface area contributed by atoms with Gasteiger partial charge in [-0.25, -0.2) is 4.79 Å². The first-order chi connectivity index (χ1) is 16.7. The summed E-state index contributed by atoms with van der Waals surface area (Å²) < 4.78 is 12.2. The van der Waals surface area contributed by atoms with Gasteiger partial charge >= 0.3 is 6.03 Å². The van der Waals surface area contributed by atoms with Crippen molar-refractivity contribution in [3.63, 3.8) is 0 Å². The number of carbonyl (C=O) groups is 2. The number of urea groups is 1. The van der Waals surface area contributed by atoms with Gasteiger partial charge in [-0.3, -0.25) is 9.69 Å². The number of para-hydroxylation sites is 1. The molecule has 2 aliphatic rings. The van der Waals surface area contributed by atoms with Gasteiger partial charge in [-0.15, -0.1) is 0 Å². The van der Waals surface area contributed by atoms with Crippen LogP contribution in [-0.2, 0) is 4.79 Å². The molecule has 7 heteroatoms. The molecule has 0 aromatic heterocycles. The van der Waals surface area contributed by atoms with E-state index in [2.05, 4.69) is 10.6 Å². The van der Waals surface area contributed by atoms with E-state index in [1.165, 1.54) is 4.90 Å². The molecule has 0 radical (unpaired) electrons. The zero-order valence-electron chi connectivity index (χ0n) is 20.5. The van der Waals surface area contributed by atoms with E-state index >= 15 is 0 Å². The second-order valence-corrected chi connectivity index (χ2v) is 9.42. The van der Waals surface area contributed by atoms with Crippen LogP contribution < -0.4 is 25.0 Å². The molecular weight excluding hydrogens is 442 g/mol. The number of nitrogens with zero attached hydrogens (tertiary/aromatic N) is 1. The lowest BCUT2D eigenvalue weighted by atomic mass is 9.78. The number of hydrogen-bond donors (Lipinski definition) is 2. The minimum Gasteiger partial charge on any atom is -0.493 e. The highest BCUT2D eigenvalue weighted by atomic mass is 16.5. The summed E-state index contributed by atoms with van der Waals surface area (Å²) in [7, 11) is 1.58. The van der Waals surface area contributed by atoms with E-state index in [9.17, 15) is 9.59 Å². The topological polar surface area (TPSA) is 79.9 Å². The van der Waals surface area contributed by atoms with Crippen molar-refractivity contribution in [1.29, 1.82) is 0 Å². The highest BCUT2D eigenvalue weighted by Crippen LogP contribution is 2.52. The molecule has 1 saturated heterocycles. The molecule has 0 spiro atoms. The summed E-state index contributed by atoms with van der Waals surface area (Å²) in [6, 6.07) is 18.1. The third kappa shape index (κ3) is 3.67. The van der Waals surface area contributed by atoms with Gasteiger partial charge in [0.25, 0.3) is 0 Å². The molecule has 180 valence electrons. The molecule has 1 fully saturated rings. The Bertz CT molecular complexity index is 1340. The Kier molecular flexibility index (Phi) is 5.43. The third-order valence-corrected chi connectivity index (χ3v) is 6.89. The fraction of sp³-hybridized carbons (Fsp3) is 0.286. The van der Waals surface area contributed by atoms with E-state index < -0.39 is 17.7 Å². The lowest BCUT2D eigenvalue weighted by Crippen LogP contribution is -2.72. The Morgan fingerprint density at radius 2 is 1.80 bits per heavy atom. The SMILES string of the molecule is COc1cccc2c1O[C@]1(C)[C@@H](C(=O)Nc3ccc(C)cc3C)[C@@H]2NC(=O)N1c1cccc(C)c1. The number of hydrogen-bond acceptors (Lipinski definition) is 4. The van der Waals surface area contributed by atoms with Crippen molar-refractivity contribution < 1.29 is 19.1 Å². The van der Waals surface area contributed by atoms with Gasteiger partial charge < -0.3 is 20.1 Å². The van der Waals surface area contributed by atoms with Gasteiger partial charge in [0.1, 0.15) is 5.92 Å². The van der Waals surface area contributed by atoms with Crippen LogP contribution in [0.5, 0.6) is 11.5 Å². The lowest BCUT2D eigenvalue weighted by molar-refractivity contribution is -0.131. The van der Waals surface area contributed by atoms with Crippen molar-refractivity contribution in [3.8, 4) is 11.5 Å². The summed E-state index contributed by atoms with van der Waals surface area (Å²) in [6.07, 6.45) is 0. The number of rotatable bonds is 4. The maximum atomic E-state index is 13.9. The van der Waals surface area contributed by atoms with E-state index in [0.29, 0.717) is 22.7 Å². The number of fused-ring (bicyclic) bond motifs is 4. The van der Waals surface area contributed by atoms with Crippen LogP contribution >= 0.6 is 0 Å². The van der Waals surface area contributed by atoms with Crippen molar-refractivity contribution in [3.05, 3.63) is 82.9 Å². The zero-order valence-corrected chi connectivity index (χ0v) is 20.5. The van der Waals surface area contributed by atoms with Gasteiger partial charge in [-0.1, -0.05) is 42.0 Å². The number of methoxy groups -OCH3 is 1. The molecule has 35 heavy (non-hydrogen) atoms. The highest BCUT2D eigenvalue weighted by molar-refractivity contribution is 6.02. The van der Waals surface area contributed by atoms with Crippen LogP contribution in [0.3, 0.4) is 0 Å². The third-order valence-electron chi connectivity index (χ3n) is 6.89. The minimum atomic E-state index is -1.31. The van der Waals surface area contributed by atoms with Crippen LogP contribution in [0.1, 0.15) is 35.2 Å². The van der Waals surface area contributed by atoms with Gasteiger partial charge in [0.2, 0.25) is 11.6 Å². The number of ether oxygens (including phenoxy) is 2. The van der Waals surface area contributed by atoms with E-state index in [0.717, 1.165) is 22.4 Å². The molecule has 7 nitrogen and oxygen atoms in total. The Morgan fingerprint density at radius 1 is 1.06 bits per heavy atom. The molecule has 5 rings (SSSR count). The average Bonchev–Trinajstić information content (AvgIpc) is 2.80. The Hall–Kier alpha value is -4.00. The number of anilines is 2. The van der Waals surface area contributed by atoms with Gasteiger partial charge in [-0.2, -0.15) is 0 Å². The first kappa shape index (κ1) is 22.8. The van der Waals surface area contributed by atoms with Crippen molar-refractivity contribution in [1.82, 2.24) is 5.32 Å². The predicted molar refractivity (Wildman–Crippen MR) is 135 cm³/mol. The number of amides is 3. The summed E-state index contributed by atoms with van der Waals surface area (Å²) in [5.41, 5.74) is 3.84. The maximum absolute atomic E-state index is 13.9. The van der Waals surface area contributed by atoms with E-state index in [4.69, 9.17) is 9.47 Å². The summed E-state index contributed by atoms with van der Waals surface area (Å²) in [6.45, 7) is 7.73. The predicted octanol–water partition coefficient (Wildman–Crippen LogP) is 5.25. The first-order valence-electron chi connectivity index (χ1n) is 11.6.